The highest BCUT2D eigenvalue weighted by atomic mass is 19.1. The van der Waals surface area contributed by atoms with Gasteiger partial charge in [-0.05, 0) is 55.0 Å². The molecule has 3 amide bonds. The molecule has 10 nitrogen and oxygen atoms in total. The number of carbonyl (C=O) groups excluding carboxylic acids is 3. The number of hydrogen-bond acceptors (Lipinski definition) is 7. The van der Waals surface area contributed by atoms with E-state index >= 15 is 0 Å². The van der Waals surface area contributed by atoms with E-state index < -0.39 is 23.5 Å². The number of anilines is 1. The number of halogens is 1. The van der Waals surface area contributed by atoms with Gasteiger partial charge in [-0.15, -0.1) is 0 Å². The zero-order chi connectivity index (χ0) is 24.1. The Hall–Kier alpha value is -3.99. The molecule has 3 N–H and O–H groups in total. The molecule has 0 aromatic heterocycles. The molecule has 2 rings (SSSR count). The Labute approximate surface area is 190 Å². The summed E-state index contributed by atoms with van der Waals surface area (Å²) >= 11 is 0. The zero-order valence-corrected chi connectivity index (χ0v) is 18.2. The largest absolute Gasteiger partial charge is 0.490 e. The molecule has 0 aliphatic carbocycles. The quantitative estimate of drug-likeness (QED) is 0.202. The fourth-order valence-corrected chi connectivity index (χ4v) is 2.43. The number of carbonyl (C=O) groups is 3. The number of hydrazone groups is 1. The third kappa shape index (κ3) is 8.95. The summed E-state index contributed by atoms with van der Waals surface area (Å²) in [7, 11) is 1.48. The van der Waals surface area contributed by atoms with Crippen LogP contribution in [0.15, 0.2) is 47.6 Å². The van der Waals surface area contributed by atoms with E-state index in [0.717, 1.165) is 0 Å². The average Bonchev–Trinajstić information content (AvgIpc) is 2.80. The molecule has 0 saturated heterocycles. The summed E-state index contributed by atoms with van der Waals surface area (Å²) in [5.41, 5.74) is 3.12. The van der Waals surface area contributed by atoms with Crippen LogP contribution in [0.1, 0.15) is 12.5 Å². The summed E-state index contributed by atoms with van der Waals surface area (Å²) in [6, 6.07) is 10.2. The minimum Gasteiger partial charge on any atom is -0.490 e. The summed E-state index contributed by atoms with van der Waals surface area (Å²) in [6.07, 6.45) is 1.33. The second-order valence-electron chi connectivity index (χ2n) is 6.43. The van der Waals surface area contributed by atoms with E-state index in [9.17, 15) is 18.8 Å². The van der Waals surface area contributed by atoms with E-state index in [1.54, 1.807) is 25.1 Å². The Morgan fingerprint density at radius 1 is 1.03 bits per heavy atom. The van der Waals surface area contributed by atoms with Crippen LogP contribution in [-0.4, -0.2) is 57.4 Å². The highest BCUT2D eigenvalue weighted by Crippen LogP contribution is 2.28. The van der Waals surface area contributed by atoms with Crippen LogP contribution in [0.2, 0.25) is 0 Å². The van der Waals surface area contributed by atoms with Crippen molar-refractivity contribution in [3.8, 4) is 11.5 Å². The molecule has 176 valence electrons. The Balaban J connectivity index is 1.92. The number of nitrogens with one attached hydrogen (secondary N) is 3. The number of nitrogens with zero attached hydrogens (tertiary/aromatic N) is 1. The van der Waals surface area contributed by atoms with Gasteiger partial charge in [-0.2, -0.15) is 5.10 Å². The molecule has 33 heavy (non-hydrogen) atoms. The van der Waals surface area contributed by atoms with Gasteiger partial charge < -0.3 is 24.8 Å². The van der Waals surface area contributed by atoms with Crippen LogP contribution in [0, 0.1) is 5.82 Å². The summed E-state index contributed by atoms with van der Waals surface area (Å²) in [5, 5.41) is 8.71. The number of rotatable bonds is 11. The molecule has 0 fully saturated rings. The molecule has 0 spiro atoms. The Morgan fingerprint density at radius 2 is 1.79 bits per heavy atom. The normalized spacial score (nSPS) is 10.5. The van der Waals surface area contributed by atoms with Gasteiger partial charge in [-0.1, -0.05) is 0 Å². The topological polar surface area (TPSA) is 127 Å². The highest BCUT2D eigenvalue weighted by Gasteiger charge is 2.12. The van der Waals surface area contributed by atoms with Gasteiger partial charge in [0.25, 0.3) is 5.91 Å². The second kappa shape index (κ2) is 13.4. The van der Waals surface area contributed by atoms with Crippen molar-refractivity contribution in [2.75, 3.05) is 38.8 Å². The van der Waals surface area contributed by atoms with Crippen molar-refractivity contribution in [1.29, 1.82) is 0 Å². The van der Waals surface area contributed by atoms with Gasteiger partial charge in [-0.25, -0.2) is 9.82 Å². The van der Waals surface area contributed by atoms with Crippen LogP contribution in [0.3, 0.4) is 0 Å². The SMILES string of the molecule is CCOc1cc(/C=N\NC(=O)C(=O)NCCOC)ccc1OCC(=O)Nc1ccc(F)cc1. The number of benzene rings is 2. The molecule has 2 aromatic rings. The van der Waals surface area contributed by atoms with Crippen molar-refractivity contribution >= 4 is 29.6 Å². The maximum Gasteiger partial charge on any atom is 0.329 e. The Kier molecular flexibility index (Phi) is 10.3. The van der Waals surface area contributed by atoms with Gasteiger partial charge >= 0.3 is 11.8 Å². The van der Waals surface area contributed by atoms with E-state index in [1.807, 2.05) is 0 Å². The average molecular weight is 460 g/mol. The predicted octanol–water partition coefficient (Wildman–Crippen LogP) is 1.45. The number of amides is 3. The van der Waals surface area contributed by atoms with E-state index in [0.29, 0.717) is 29.4 Å². The molecule has 0 aliphatic heterocycles. The first-order valence-corrected chi connectivity index (χ1v) is 9.98. The third-order valence-electron chi connectivity index (χ3n) is 3.93. The Morgan fingerprint density at radius 3 is 2.48 bits per heavy atom. The second-order valence-corrected chi connectivity index (χ2v) is 6.43. The summed E-state index contributed by atoms with van der Waals surface area (Å²) in [5.74, 6) is -1.90. The molecule has 0 radical (unpaired) electrons. The van der Waals surface area contributed by atoms with Crippen molar-refractivity contribution < 1.29 is 33.0 Å². The van der Waals surface area contributed by atoms with Crippen LogP contribution in [0.5, 0.6) is 11.5 Å². The van der Waals surface area contributed by atoms with Gasteiger partial charge in [0, 0.05) is 19.3 Å². The van der Waals surface area contributed by atoms with Crippen LogP contribution in [-0.2, 0) is 19.1 Å². The summed E-state index contributed by atoms with van der Waals surface area (Å²) < 4.78 is 28.8. The first-order chi connectivity index (χ1) is 15.9. The van der Waals surface area contributed by atoms with Crippen molar-refractivity contribution in [3.05, 3.63) is 53.8 Å². The van der Waals surface area contributed by atoms with Crippen LogP contribution < -0.4 is 25.5 Å². The Bertz CT molecular complexity index is 981. The van der Waals surface area contributed by atoms with Gasteiger partial charge in [0.1, 0.15) is 5.82 Å². The first-order valence-electron chi connectivity index (χ1n) is 9.98. The first kappa shape index (κ1) is 25.3. The van der Waals surface area contributed by atoms with E-state index in [1.165, 1.54) is 37.6 Å². The molecule has 0 unspecified atom stereocenters. The van der Waals surface area contributed by atoms with Gasteiger partial charge in [-0.3, -0.25) is 14.4 Å². The van der Waals surface area contributed by atoms with Crippen LogP contribution >= 0.6 is 0 Å². The smallest absolute Gasteiger partial charge is 0.329 e. The summed E-state index contributed by atoms with van der Waals surface area (Å²) in [4.78, 5) is 35.3. The predicted molar refractivity (Wildman–Crippen MR) is 119 cm³/mol. The van der Waals surface area contributed by atoms with E-state index in [2.05, 4.69) is 21.2 Å². The molecule has 0 bridgehead atoms. The van der Waals surface area contributed by atoms with Crippen LogP contribution in [0.4, 0.5) is 10.1 Å². The van der Waals surface area contributed by atoms with Crippen molar-refractivity contribution in [2.24, 2.45) is 5.10 Å². The highest BCUT2D eigenvalue weighted by molar-refractivity contribution is 6.35. The fourth-order valence-electron chi connectivity index (χ4n) is 2.43. The third-order valence-corrected chi connectivity index (χ3v) is 3.93. The van der Waals surface area contributed by atoms with E-state index in [-0.39, 0.29) is 19.8 Å². The van der Waals surface area contributed by atoms with Gasteiger partial charge in [0.2, 0.25) is 0 Å². The molecule has 11 heteroatoms. The maximum absolute atomic E-state index is 12.9. The van der Waals surface area contributed by atoms with Crippen LogP contribution in [0.25, 0.3) is 0 Å². The molecule has 0 saturated carbocycles. The van der Waals surface area contributed by atoms with Crippen molar-refractivity contribution in [2.45, 2.75) is 6.92 Å². The van der Waals surface area contributed by atoms with Gasteiger partial charge in [0.05, 0.1) is 19.4 Å². The molecule has 0 atom stereocenters. The minimum atomic E-state index is -0.917. The standard InChI is InChI=1S/C22H25FN4O6/c1-3-32-19-12-15(13-25-27-22(30)21(29)24-10-11-31-2)4-9-18(19)33-14-20(28)26-17-7-5-16(23)6-8-17/h4-9,12-13H,3,10-11,14H2,1-2H3,(H,24,29)(H,26,28)(H,27,30)/b25-13-. The van der Waals surface area contributed by atoms with Crippen molar-refractivity contribution in [1.82, 2.24) is 10.7 Å². The number of ether oxygens (including phenoxy) is 3. The lowest BCUT2D eigenvalue weighted by molar-refractivity contribution is -0.139. The molecular formula is C22H25FN4O6. The summed E-state index contributed by atoms with van der Waals surface area (Å²) in [6.45, 7) is 2.32. The lowest BCUT2D eigenvalue weighted by Gasteiger charge is -2.12. The minimum absolute atomic E-state index is 0.202. The van der Waals surface area contributed by atoms with E-state index in [4.69, 9.17) is 14.2 Å². The molecule has 0 heterocycles. The lowest BCUT2D eigenvalue weighted by atomic mass is 10.2. The van der Waals surface area contributed by atoms with Crippen molar-refractivity contribution in [3.63, 3.8) is 0 Å². The van der Waals surface area contributed by atoms with Gasteiger partial charge in [0.15, 0.2) is 18.1 Å². The number of hydrogen-bond donors (Lipinski definition) is 3. The lowest BCUT2D eigenvalue weighted by Crippen LogP contribution is -2.39. The zero-order valence-electron chi connectivity index (χ0n) is 18.2. The maximum atomic E-state index is 12.9. The molecule has 0 aliphatic rings. The molecule has 2 aromatic carbocycles. The molecular weight excluding hydrogens is 435 g/mol. The number of methoxy groups -OCH3 is 1. The monoisotopic (exact) mass is 460 g/mol. The fraction of sp³-hybridized carbons (Fsp3) is 0.273.